The molecule has 1 rings (SSSR count). The molecule has 10 heavy (non-hydrogen) atoms. The summed E-state index contributed by atoms with van der Waals surface area (Å²) in [7, 11) is -4.23. The van der Waals surface area contributed by atoms with Crippen LogP contribution in [0.4, 0.5) is 0 Å². The summed E-state index contributed by atoms with van der Waals surface area (Å²) in [5.41, 5.74) is 0. The topological polar surface area (TPSA) is 83.8 Å². The summed E-state index contributed by atoms with van der Waals surface area (Å²) in [6, 6.07) is 0. The van der Waals surface area contributed by atoms with Crippen molar-refractivity contribution in [2.24, 2.45) is 4.99 Å². The average molecular weight is 163 g/mol. The summed E-state index contributed by atoms with van der Waals surface area (Å²) in [5, 5.41) is -1.35. The van der Waals surface area contributed by atoms with Crippen LogP contribution in [-0.2, 0) is 14.9 Å². The second kappa shape index (κ2) is 2.14. The first kappa shape index (κ1) is 7.36. The molecule has 0 aromatic heterocycles. The molecular formula is C4H5NO4S. The van der Waals surface area contributed by atoms with Crippen molar-refractivity contribution >= 4 is 22.2 Å². The van der Waals surface area contributed by atoms with Crippen LogP contribution in [0.3, 0.4) is 0 Å². The van der Waals surface area contributed by atoms with E-state index >= 15 is 0 Å². The van der Waals surface area contributed by atoms with Crippen LogP contribution < -0.4 is 0 Å². The highest BCUT2D eigenvalue weighted by Crippen LogP contribution is 2.09. The Bertz CT molecular complexity index is 278. The number of hydrogen-bond acceptors (Lipinski definition) is 3. The third-order valence-corrected chi connectivity index (χ3v) is 2.29. The SMILES string of the molecule is O=C1N=CCC1S(=O)(=O)O. The second-order valence-electron chi connectivity index (χ2n) is 1.89. The molecule has 1 amide bonds. The van der Waals surface area contributed by atoms with Crippen LogP contribution in [0, 0.1) is 0 Å². The molecule has 0 fully saturated rings. The Morgan fingerprint density at radius 2 is 2.30 bits per heavy atom. The zero-order chi connectivity index (χ0) is 7.78. The number of carbonyl (C=O) groups excluding carboxylic acids is 1. The van der Waals surface area contributed by atoms with E-state index in [-0.39, 0.29) is 6.42 Å². The molecule has 0 saturated carbocycles. The quantitative estimate of drug-likeness (QED) is 0.515. The van der Waals surface area contributed by atoms with Crippen LogP contribution >= 0.6 is 0 Å². The van der Waals surface area contributed by atoms with Gasteiger partial charge in [0, 0.05) is 12.6 Å². The van der Waals surface area contributed by atoms with Gasteiger partial charge < -0.3 is 0 Å². The monoisotopic (exact) mass is 163 g/mol. The Morgan fingerprint density at radius 3 is 2.50 bits per heavy atom. The summed E-state index contributed by atoms with van der Waals surface area (Å²) in [6.07, 6.45) is 1.17. The zero-order valence-corrected chi connectivity index (χ0v) is 5.71. The van der Waals surface area contributed by atoms with Gasteiger partial charge in [0.05, 0.1) is 0 Å². The van der Waals surface area contributed by atoms with Crippen molar-refractivity contribution in [3.63, 3.8) is 0 Å². The first-order chi connectivity index (χ1) is 4.52. The summed E-state index contributed by atoms with van der Waals surface area (Å²) < 4.78 is 29.0. The van der Waals surface area contributed by atoms with Crippen molar-refractivity contribution in [3.8, 4) is 0 Å². The lowest BCUT2D eigenvalue weighted by Crippen LogP contribution is -2.24. The van der Waals surface area contributed by atoms with Gasteiger partial charge in [-0.1, -0.05) is 0 Å². The van der Waals surface area contributed by atoms with Gasteiger partial charge in [0.25, 0.3) is 16.0 Å². The molecular weight excluding hydrogens is 158 g/mol. The molecule has 0 aromatic rings. The van der Waals surface area contributed by atoms with E-state index in [1.165, 1.54) is 6.21 Å². The van der Waals surface area contributed by atoms with Crippen LogP contribution in [-0.4, -0.2) is 30.3 Å². The highest BCUT2D eigenvalue weighted by Gasteiger charge is 2.32. The van der Waals surface area contributed by atoms with Gasteiger partial charge in [-0.2, -0.15) is 8.42 Å². The number of nitrogens with zero attached hydrogens (tertiary/aromatic N) is 1. The van der Waals surface area contributed by atoms with Gasteiger partial charge in [-0.05, 0) is 0 Å². The van der Waals surface area contributed by atoms with E-state index in [4.69, 9.17) is 4.55 Å². The highest BCUT2D eigenvalue weighted by atomic mass is 32.2. The maximum Gasteiger partial charge on any atom is 0.277 e. The van der Waals surface area contributed by atoms with Gasteiger partial charge in [0.15, 0.2) is 5.25 Å². The maximum absolute atomic E-state index is 10.5. The standard InChI is InChI=1S/C4H5NO4S/c6-4-3(1-2-5-4)10(7,8)9/h2-3H,1H2,(H,7,8,9). The number of hydrogen-bond donors (Lipinski definition) is 1. The van der Waals surface area contributed by atoms with Gasteiger partial charge >= 0.3 is 0 Å². The summed E-state index contributed by atoms with van der Waals surface area (Å²) in [5.74, 6) is -0.789. The van der Waals surface area contributed by atoms with Crippen LogP contribution in [0.15, 0.2) is 4.99 Å². The van der Waals surface area contributed by atoms with E-state index in [2.05, 4.69) is 4.99 Å². The summed E-state index contributed by atoms with van der Waals surface area (Å²) in [4.78, 5) is 13.7. The smallest absolute Gasteiger partial charge is 0.277 e. The van der Waals surface area contributed by atoms with Gasteiger partial charge in [-0.3, -0.25) is 9.35 Å². The molecule has 1 N–H and O–H groups in total. The van der Waals surface area contributed by atoms with Crippen molar-refractivity contribution in [3.05, 3.63) is 0 Å². The Hall–Kier alpha value is -0.750. The Balaban J connectivity index is 2.90. The van der Waals surface area contributed by atoms with Crippen molar-refractivity contribution in [2.45, 2.75) is 11.7 Å². The molecule has 0 saturated heterocycles. The maximum atomic E-state index is 10.5. The molecule has 1 atom stereocenters. The molecule has 0 spiro atoms. The first-order valence-corrected chi connectivity index (χ1v) is 4.05. The molecule has 6 heteroatoms. The van der Waals surface area contributed by atoms with Crippen molar-refractivity contribution in [1.82, 2.24) is 0 Å². The van der Waals surface area contributed by atoms with Gasteiger partial charge in [0.2, 0.25) is 0 Å². The lowest BCUT2D eigenvalue weighted by Gasteiger charge is -1.98. The number of rotatable bonds is 1. The molecule has 1 aliphatic heterocycles. The molecule has 56 valence electrons. The zero-order valence-electron chi connectivity index (χ0n) is 4.89. The van der Waals surface area contributed by atoms with E-state index in [0.29, 0.717) is 0 Å². The average Bonchev–Trinajstić information content (AvgIpc) is 2.11. The Labute approximate surface area is 57.5 Å². The molecule has 0 aliphatic carbocycles. The van der Waals surface area contributed by atoms with E-state index in [1.54, 1.807) is 0 Å². The highest BCUT2D eigenvalue weighted by molar-refractivity contribution is 7.87. The van der Waals surface area contributed by atoms with E-state index in [0.717, 1.165) is 0 Å². The number of carbonyl (C=O) groups is 1. The van der Waals surface area contributed by atoms with Gasteiger partial charge in [-0.15, -0.1) is 0 Å². The molecule has 0 aromatic carbocycles. The minimum Gasteiger partial charge on any atom is -0.285 e. The van der Waals surface area contributed by atoms with Crippen molar-refractivity contribution in [2.75, 3.05) is 0 Å². The predicted octanol–water partition coefficient (Wildman–Crippen LogP) is -0.756. The summed E-state index contributed by atoms with van der Waals surface area (Å²) >= 11 is 0. The largest absolute Gasteiger partial charge is 0.285 e. The first-order valence-electron chi connectivity index (χ1n) is 2.54. The molecule has 1 unspecified atom stereocenters. The minimum absolute atomic E-state index is 0.0162. The third-order valence-electron chi connectivity index (χ3n) is 1.17. The van der Waals surface area contributed by atoms with Gasteiger partial charge in [-0.25, -0.2) is 4.99 Å². The lowest BCUT2D eigenvalue weighted by atomic mass is 10.4. The van der Waals surface area contributed by atoms with Crippen LogP contribution in [0.1, 0.15) is 6.42 Å². The molecule has 1 aliphatic rings. The minimum atomic E-state index is -4.23. The van der Waals surface area contributed by atoms with Crippen LogP contribution in [0.2, 0.25) is 0 Å². The fourth-order valence-corrected chi connectivity index (χ4v) is 1.32. The Kier molecular flexibility index (Phi) is 1.57. The Morgan fingerprint density at radius 1 is 1.70 bits per heavy atom. The molecule has 0 radical (unpaired) electrons. The lowest BCUT2D eigenvalue weighted by molar-refractivity contribution is -0.116. The number of amides is 1. The van der Waals surface area contributed by atoms with Crippen molar-refractivity contribution < 1.29 is 17.8 Å². The van der Waals surface area contributed by atoms with Crippen LogP contribution in [0.5, 0.6) is 0 Å². The molecule has 1 heterocycles. The van der Waals surface area contributed by atoms with E-state index in [1.807, 2.05) is 0 Å². The van der Waals surface area contributed by atoms with Crippen molar-refractivity contribution in [1.29, 1.82) is 0 Å². The fraction of sp³-hybridized carbons (Fsp3) is 0.500. The predicted molar refractivity (Wildman–Crippen MR) is 33.5 cm³/mol. The van der Waals surface area contributed by atoms with E-state index in [9.17, 15) is 13.2 Å². The second-order valence-corrected chi connectivity index (χ2v) is 3.49. The third kappa shape index (κ3) is 1.22. The van der Waals surface area contributed by atoms with Gasteiger partial charge in [0.1, 0.15) is 0 Å². The van der Waals surface area contributed by atoms with E-state index < -0.39 is 21.3 Å². The fourth-order valence-electron chi connectivity index (χ4n) is 0.671. The normalized spacial score (nSPS) is 25.7. The molecule has 5 nitrogen and oxygen atoms in total. The summed E-state index contributed by atoms with van der Waals surface area (Å²) in [6.45, 7) is 0. The molecule has 0 bridgehead atoms. The van der Waals surface area contributed by atoms with Crippen LogP contribution in [0.25, 0.3) is 0 Å². The number of aliphatic imine (C=N–C) groups is 1.